The molecule has 0 aliphatic carbocycles. The van der Waals surface area contributed by atoms with Crippen molar-refractivity contribution in [2.75, 3.05) is 19.8 Å². The Morgan fingerprint density at radius 1 is 1.15 bits per heavy atom. The van der Waals surface area contributed by atoms with Crippen LogP contribution in [0.25, 0.3) is 0 Å². The van der Waals surface area contributed by atoms with Gasteiger partial charge in [-0.25, -0.2) is 9.59 Å². The van der Waals surface area contributed by atoms with E-state index in [9.17, 15) is 9.59 Å². The largest absolute Gasteiger partial charge is 0.464 e. The fraction of sp³-hybridized carbons (Fsp3) is 0.429. The molecular weight excluding hydrogens is 284 g/mol. The summed E-state index contributed by atoms with van der Waals surface area (Å²) in [5.41, 5.74) is 0. The third-order valence-electron chi connectivity index (χ3n) is 2.08. The van der Waals surface area contributed by atoms with Gasteiger partial charge >= 0.3 is 11.9 Å². The molecule has 0 bridgehead atoms. The summed E-state index contributed by atoms with van der Waals surface area (Å²) in [6.07, 6.45) is 0. The maximum Gasteiger partial charge on any atom is 0.337 e. The van der Waals surface area contributed by atoms with Gasteiger partial charge in [0.25, 0.3) is 0 Å². The molecule has 0 aliphatic rings. The van der Waals surface area contributed by atoms with Gasteiger partial charge in [0.05, 0.1) is 11.6 Å². The summed E-state index contributed by atoms with van der Waals surface area (Å²) in [7, 11) is 0. The van der Waals surface area contributed by atoms with E-state index in [1.54, 1.807) is 24.3 Å². The van der Waals surface area contributed by atoms with Crippen LogP contribution in [0.4, 0.5) is 0 Å². The fourth-order valence-corrected chi connectivity index (χ4v) is 1.37. The smallest absolute Gasteiger partial charge is 0.337 e. The van der Waals surface area contributed by atoms with E-state index < -0.39 is 11.9 Å². The van der Waals surface area contributed by atoms with Gasteiger partial charge in [-0.05, 0) is 18.1 Å². The fourth-order valence-electron chi connectivity index (χ4n) is 1.20. The van der Waals surface area contributed by atoms with Crippen LogP contribution < -0.4 is 4.74 Å². The van der Waals surface area contributed by atoms with Gasteiger partial charge in [0, 0.05) is 0 Å². The zero-order valence-corrected chi connectivity index (χ0v) is 12.2. The van der Waals surface area contributed by atoms with Crippen molar-refractivity contribution in [2.45, 2.75) is 13.8 Å². The second-order valence-corrected chi connectivity index (χ2v) is 4.88. The lowest BCUT2D eigenvalue weighted by molar-refractivity contribution is -0.152. The van der Waals surface area contributed by atoms with Crippen LogP contribution >= 0.6 is 11.6 Å². The number of carbonyl (C=O) groups excluding carboxylic acids is 2. The number of esters is 2. The van der Waals surface area contributed by atoms with Gasteiger partial charge in [0.1, 0.15) is 19.0 Å². The van der Waals surface area contributed by atoms with E-state index in [2.05, 4.69) is 0 Å². The molecule has 0 heterocycles. The third-order valence-corrected chi connectivity index (χ3v) is 2.39. The van der Waals surface area contributed by atoms with E-state index >= 15 is 0 Å². The zero-order valence-electron chi connectivity index (χ0n) is 11.4. The number of carbonyl (C=O) groups is 2. The number of para-hydroxylation sites is 1. The molecule has 6 heteroatoms. The van der Waals surface area contributed by atoms with Crippen molar-refractivity contribution in [1.82, 2.24) is 0 Å². The number of rotatable bonds is 7. The number of halogens is 1. The second-order valence-electron chi connectivity index (χ2n) is 4.47. The van der Waals surface area contributed by atoms with Crippen LogP contribution in [0.15, 0.2) is 24.3 Å². The van der Waals surface area contributed by atoms with Gasteiger partial charge in [0.2, 0.25) is 0 Å². The second kappa shape index (κ2) is 8.55. The summed E-state index contributed by atoms with van der Waals surface area (Å²) in [6, 6.07) is 6.59. The molecule has 1 aromatic rings. The van der Waals surface area contributed by atoms with Crippen molar-refractivity contribution >= 4 is 23.5 Å². The highest BCUT2D eigenvalue weighted by Crippen LogP contribution is 2.23. The molecule has 0 saturated heterocycles. The van der Waals surface area contributed by atoms with E-state index in [0.29, 0.717) is 11.6 Å². The monoisotopic (exact) mass is 300 g/mol. The average Bonchev–Trinajstić information content (AvgIpc) is 2.39. The van der Waals surface area contributed by atoms with Gasteiger partial charge in [-0.3, -0.25) is 0 Å². The van der Waals surface area contributed by atoms with Crippen molar-refractivity contribution in [2.24, 2.45) is 5.92 Å². The first-order chi connectivity index (χ1) is 9.49. The molecule has 0 atom stereocenters. The summed E-state index contributed by atoms with van der Waals surface area (Å²) in [5.74, 6) is -0.631. The van der Waals surface area contributed by atoms with Crippen molar-refractivity contribution in [3.63, 3.8) is 0 Å². The van der Waals surface area contributed by atoms with Crippen LogP contribution in [-0.2, 0) is 19.1 Å². The summed E-state index contributed by atoms with van der Waals surface area (Å²) in [4.78, 5) is 22.7. The molecule has 0 spiro atoms. The molecule has 0 fully saturated rings. The number of hydrogen-bond acceptors (Lipinski definition) is 5. The van der Waals surface area contributed by atoms with Crippen LogP contribution in [0, 0.1) is 5.92 Å². The quantitative estimate of drug-likeness (QED) is 0.572. The molecule has 0 aromatic heterocycles. The first kappa shape index (κ1) is 16.5. The van der Waals surface area contributed by atoms with Crippen LogP contribution in [-0.4, -0.2) is 31.8 Å². The van der Waals surface area contributed by atoms with E-state index in [1.165, 1.54) is 0 Å². The molecule has 20 heavy (non-hydrogen) atoms. The Kier molecular flexibility index (Phi) is 7.04. The Bertz CT molecular complexity index is 459. The van der Waals surface area contributed by atoms with Crippen molar-refractivity contribution in [3.05, 3.63) is 29.3 Å². The molecule has 0 N–H and O–H groups in total. The SMILES string of the molecule is CC(C)COC(=O)COCC(=O)Oc1ccccc1Cl. The lowest BCUT2D eigenvalue weighted by Gasteiger charge is -2.08. The highest BCUT2D eigenvalue weighted by molar-refractivity contribution is 6.32. The van der Waals surface area contributed by atoms with Crippen LogP contribution in [0.1, 0.15) is 13.8 Å². The number of benzene rings is 1. The Labute approximate surface area is 122 Å². The first-order valence-corrected chi connectivity index (χ1v) is 6.55. The van der Waals surface area contributed by atoms with E-state index in [4.69, 9.17) is 25.8 Å². The molecule has 0 radical (unpaired) electrons. The Balaban J connectivity index is 2.24. The zero-order chi connectivity index (χ0) is 15.0. The topological polar surface area (TPSA) is 61.8 Å². The highest BCUT2D eigenvalue weighted by atomic mass is 35.5. The summed E-state index contributed by atoms with van der Waals surface area (Å²) < 4.78 is 14.8. The Morgan fingerprint density at radius 2 is 1.80 bits per heavy atom. The first-order valence-electron chi connectivity index (χ1n) is 6.17. The van der Waals surface area contributed by atoms with Gasteiger partial charge < -0.3 is 14.2 Å². The molecule has 1 rings (SSSR count). The summed E-state index contributed by atoms with van der Waals surface area (Å²) in [5, 5.41) is 0.331. The lowest BCUT2D eigenvalue weighted by Crippen LogP contribution is -2.21. The average molecular weight is 301 g/mol. The van der Waals surface area contributed by atoms with Crippen LogP contribution in [0.5, 0.6) is 5.75 Å². The molecule has 0 unspecified atom stereocenters. The molecule has 0 aliphatic heterocycles. The Hall–Kier alpha value is -1.59. The molecule has 0 saturated carbocycles. The van der Waals surface area contributed by atoms with Crippen molar-refractivity contribution in [1.29, 1.82) is 0 Å². The van der Waals surface area contributed by atoms with Crippen molar-refractivity contribution in [3.8, 4) is 5.75 Å². The van der Waals surface area contributed by atoms with E-state index in [-0.39, 0.29) is 24.9 Å². The van der Waals surface area contributed by atoms with Gasteiger partial charge in [-0.1, -0.05) is 37.6 Å². The molecule has 1 aromatic carbocycles. The standard InChI is InChI=1S/C14H17ClO5/c1-10(2)7-19-13(16)8-18-9-14(17)20-12-6-4-3-5-11(12)15/h3-6,10H,7-9H2,1-2H3. The predicted molar refractivity (Wildman–Crippen MR) is 73.7 cm³/mol. The van der Waals surface area contributed by atoms with Gasteiger partial charge in [0.15, 0.2) is 0 Å². The minimum atomic E-state index is -0.630. The molecular formula is C14H17ClO5. The van der Waals surface area contributed by atoms with Crippen LogP contribution in [0.3, 0.4) is 0 Å². The van der Waals surface area contributed by atoms with Crippen LogP contribution in [0.2, 0.25) is 5.02 Å². The van der Waals surface area contributed by atoms with E-state index in [0.717, 1.165) is 0 Å². The molecule has 0 amide bonds. The lowest BCUT2D eigenvalue weighted by atomic mass is 10.2. The highest BCUT2D eigenvalue weighted by Gasteiger charge is 2.10. The van der Waals surface area contributed by atoms with Crippen molar-refractivity contribution < 1.29 is 23.8 Å². The maximum atomic E-state index is 11.5. The van der Waals surface area contributed by atoms with Gasteiger partial charge in [-0.2, -0.15) is 0 Å². The molecule has 110 valence electrons. The number of hydrogen-bond donors (Lipinski definition) is 0. The maximum absolute atomic E-state index is 11.5. The Morgan fingerprint density at radius 3 is 2.45 bits per heavy atom. The minimum Gasteiger partial charge on any atom is -0.464 e. The van der Waals surface area contributed by atoms with E-state index in [1.807, 2.05) is 13.8 Å². The summed E-state index contributed by atoms with van der Waals surface area (Å²) in [6.45, 7) is 3.54. The predicted octanol–water partition coefficient (Wildman–Crippen LogP) is 2.46. The summed E-state index contributed by atoms with van der Waals surface area (Å²) >= 11 is 5.83. The molecule has 5 nitrogen and oxygen atoms in total. The minimum absolute atomic E-state index is 0.254. The third kappa shape index (κ3) is 6.54. The number of ether oxygens (including phenoxy) is 3. The van der Waals surface area contributed by atoms with Gasteiger partial charge in [-0.15, -0.1) is 0 Å². The normalized spacial score (nSPS) is 10.4.